The Balaban J connectivity index is 2.03. The molecule has 0 spiro atoms. The van der Waals surface area contributed by atoms with Gasteiger partial charge in [-0.3, -0.25) is 9.97 Å². The van der Waals surface area contributed by atoms with E-state index in [9.17, 15) is 4.39 Å². The molecule has 2 atom stereocenters. The molecule has 0 aliphatic carbocycles. The van der Waals surface area contributed by atoms with E-state index in [1.54, 1.807) is 12.3 Å². The molecule has 0 amide bonds. The Morgan fingerprint density at radius 3 is 2.28 bits per heavy atom. The van der Waals surface area contributed by atoms with Gasteiger partial charge in [-0.05, 0) is 38.1 Å². The highest BCUT2D eigenvalue weighted by Gasteiger charge is 2.12. The largest absolute Gasteiger partial charge is 0.301 e. The van der Waals surface area contributed by atoms with Crippen molar-refractivity contribution in [1.29, 1.82) is 0 Å². The van der Waals surface area contributed by atoms with Crippen LogP contribution in [0, 0.1) is 5.82 Å². The summed E-state index contributed by atoms with van der Waals surface area (Å²) < 4.78 is 12.8. The first-order valence-corrected chi connectivity index (χ1v) is 5.95. The minimum absolute atomic E-state index is 0.0441. The topological polar surface area (TPSA) is 37.8 Å². The van der Waals surface area contributed by atoms with Crippen LogP contribution >= 0.6 is 0 Å². The number of halogens is 1. The van der Waals surface area contributed by atoms with Crippen LogP contribution < -0.4 is 5.32 Å². The van der Waals surface area contributed by atoms with Crippen LogP contribution in [-0.2, 0) is 0 Å². The molecule has 0 aromatic carbocycles. The number of hydrogen-bond donors (Lipinski definition) is 1. The second-order valence-corrected chi connectivity index (χ2v) is 4.27. The van der Waals surface area contributed by atoms with E-state index in [0.717, 1.165) is 11.4 Å². The van der Waals surface area contributed by atoms with Gasteiger partial charge >= 0.3 is 0 Å². The fourth-order valence-electron chi connectivity index (χ4n) is 1.82. The lowest BCUT2D eigenvalue weighted by Crippen LogP contribution is -2.23. The van der Waals surface area contributed by atoms with Gasteiger partial charge in [0.25, 0.3) is 0 Å². The zero-order valence-electron chi connectivity index (χ0n) is 10.5. The Labute approximate surface area is 106 Å². The lowest BCUT2D eigenvalue weighted by atomic mass is 10.1. The van der Waals surface area contributed by atoms with Crippen LogP contribution in [0.3, 0.4) is 0 Å². The molecule has 0 aliphatic rings. The molecule has 2 aromatic rings. The predicted octanol–water partition coefficient (Wildman–Crippen LogP) is 3.03. The van der Waals surface area contributed by atoms with Crippen LogP contribution in [0.2, 0.25) is 0 Å². The maximum absolute atomic E-state index is 12.8. The van der Waals surface area contributed by atoms with Gasteiger partial charge in [0.2, 0.25) is 0 Å². The third kappa shape index (κ3) is 3.11. The van der Waals surface area contributed by atoms with E-state index in [1.165, 1.54) is 12.3 Å². The Hall–Kier alpha value is -1.81. The summed E-state index contributed by atoms with van der Waals surface area (Å²) >= 11 is 0. The van der Waals surface area contributed by atoms with Crippen molar-refractivity contribution in [2.45, 2.75) is 25.9 Å². The van der Waals surface area contributed by atoms with E-state index >= 15 is 0 Å². The van der Waals surface area contributed by atoms with Crippen LogP contribution in [0.4, 0.5) is 4.39 Å². The Bertz CT molecular complexity index is 484. The Morgan fingerprint density at radius 1 is 1.00 bits per heavy atom. The van der Waals surface area contributed by atoms with Crippen molar-refractivity contribution in [1.82, 2.24) is 15.3 Å². The molecule has 94 valence electrons. The Morgan fingerprint density at radius 2 is 1.72 bits per heavy atom. The van der Waals surface area contributed by atoms with Gasteiger partial charge in [0.1, 0.15) is 5.82 Å². The van der Waals surface area contributed by atoms with Crippen molar-refractivity contribution >= 4 is 0 Å². The molecule has 2 rings (SSSR count). The molecule has 3 nitrogen and oxygen atoms in total. The van der Waals surface area contributed by atoms with E-state index < -0.39 is 0 Å². The summed E-state index contributed by atoms with van der Waals surface area (Å²) in [5.74, 6) is -0.316. The predicted molar refractivity (Wildman–Crippen MR) is 68.4 cm³/mol. The number of aromatic nitrogens is 2. The van der Waals surface area contributed by atoms with Gasteiger partial charge < -0.3 is 5.32 Å². The summed E-state index contributed by atoms with van der Waals surface area (Å²) in [6, 6.07) is 9.10. The third-order valence-electron chi connectivity index (χ3n) is 2.83. The first kappa shape index (κ1) is 12.6. The van der Waals surface area contributed by atoms with Gasteiger partial charge in [0, 0.05) is 18.3 Å². The first-order valence-electron chi connectivity index (χ1n) is 5.95. The second kappa shape index (κ2) is 5.69. The summed E-state index contributed by atoms with van der Waals surface area (Å²) in [6.45, 7) is 4.04. The summed E-state index contributed by atoms with van der Waals surface area (Å²) in [5.41, 5.74) is 1.80. The van der Waals surface area contributed by atoms with Crippen LogP contribution in [-0.4, -0.2) is 9.97 Å². The maximum Gasteiger partial charge on any atom is 0.141 e. The molecule has 0 radical (unpaired) electrons. The number of nitrogens with zero attached hydrogens (tertiary/aromatic N) is 2. The quantitative estimate of drug-likeness (QED) is 0.899. The van der Waals surface area contributed by atoms with E-state index in [4.69, 9.17) is 0 Å². The molecule has 2 aromatic heterocycles. The minimum atomic E-state index is -0.316. The zero-order chi connectivity index (χ0) is 13.0. The van der Waals surface area contributed by atoms with Crippen molar-refractivity contribution in [3.05, 3.63) is 59.9 Å². The molecule has 18 heavy (non-hydrogen) atoms. The number of rotatable bonds is 4. The molecule has 0 fully saturated rings. The normalized spacial score (nSPS) is 14.2. The van der Waals surface area contributed by atoms with E-state index in [0.29, 0.717) is 0 Å². The lowest BCUT2D eigenvalue weighted by Gasteiger charge is -2.19. The van der Waals surface area contributed by atoms with Gasteiger partial charge in [-0.25, -0.2) is 4.39 Å². The second-order valence-electron chi connectivity index (χ2n) is 4.27. The van der Waals surface area contributed by atoms with Crippen molar-refractivity contribution < 1.29 is 4.39 Å². The molecule has 1 N–H and O–H groups in total. The average Bonchev–Trinajstić information content (AvgIpc) is 2.40. The molecule has 0 saturated heterocycles. The summed E-state index contributed by atoms with van der Waals surface area (Å²) in [4.78, 5) is 8.36. The molecular weight excluding hydrogens is 229 g/mol. The lowest BCUT2D eigenvalue weighted by molar-refractivity contribution is 0.477. The highest BCUT2D eigenvalue weighted by molar-refractivity contribution is 5.12. The van der Waals surface area contributed by atoms with Gasteiger partial charge in [0.05, 0.1) is 17.6 Å². The third-order valence-corrected chi connectivity index (χ3v) is 2.83. The SMILES string of the molecule is CC(NC(C)c1ccc(F)cn1)c1ccccn1. The standard InChI is InChI=1S/C14H16FN3/c1-10(13-5-3-4-8-16-13)18-11(2)14-7-6-12(15)9-17-14/h3-11,18H,1-2H3. The van der Waals surface area contributed by atoms with E-state index in [1.807, 2.05) is 32.0 Å². The zero-order valence-corrected chi connectivity index (χ0v) is 10.5. The molecule has 4 heteroatoms. The smallest absolute Gasteiger partial charge is 0.141 e. The summed E-state index contributed by atoms with van der Waals surface area (Å²) in [5, 5.41) is 3.38. The highest BCUT2D eigenvalue weighted by Crippen LogP contribution is 2.16. The van der Waals surface area contributed by atoms with Gasteiger partial charge in [-0.1, -0.05) is 6.07 Å². The molecule has 0 bridgehead atoms. The van der Waals surface area contributed by atoms with Crippen LogP contribution in [0.25, 0.3) is 0 Å². The molecule has 2 heterocycles. The van der Waals surface area contributed by atoms with Crippen LogP contribution in [0.1, 0.15) is 37.3 Å². The van der Waals surface area contributed by atoms with Crippen molar-refractivity contribution in [2.75, 3.05) is 0 Å². The van der Waals surface area contributed by atoms with Crippen LogP contribution in [0.5, 0.6) is 0 Å². The molecule has 0 aliphatic heterocycles. The highest BCUT2D eigenvalue weighted by atomic mass is 19.1. The number of pyridine rings is 2. The molecule has 0 saturated carbocycles. The maximum atomic E-state index is 12.8. The van der Waals surface area contributed by atoms with Crippen molar-refractivity contribution in [2.24, 2.45) is 0 Å². The first-order chi connectivity index (χ1) is 8.66. The average molecular weight is 245 g/mol. The summed E-state index contributed by atoms with van der Waals surface area (Å²) in [7, 11) is 0. The van der Waals surface area contributed by atoms with E-state index in [-0.39, 0.29) is 17.9 Å². The molecule has 2 unspecified atom stereocenters. The van der Waals surface area contributed by atoms with Crippen LogP contribution in [0.15, 0.2) is 42.7 Å². The number of nitrogens with one attached hydrogen (secondary N) is 1. The monoisotopic (exact) mass is 245 g/mol. The van der Waals surface area contributed by atoms with Gasteiger partial charge in [-0.15, -0.1) is 0 Å². The minimum Gasteiger partial charge on any atom is -0.301 e. The number of hydrogen-bond acceptors (Lipinski definition) is 3. The molecular formula is C14H16FN3. The van der Waals surface area contributed by atoms with Gasteiger partial charge in [-0.2, -0.15) is 0 Å². The van der Waals surface area contributed by atoms with Crippen molar-refractivity contribution in [3.63, 3.8) is 0 Å². The fraction of sp³-hybridized carbons (Fsp3) is 0.286. The fourth-order valence-corrected chi connectivity index (χ4v) is 1.82. The Kier molecular flexibility index (Phi) is 3.99. The van der Waals surface area contributed by atoms with Gasteiger partial charge in [0.15, 0.2) is 0 Å². The van der Waals surface area contributed by atoms with Crippen molar-refractivity contribution in [3.8, 4) is 0 Å². The summed E-state index contributed by atoms with van der Waals surface area (Å²) in [6.07, 6.45) is 3.01. The van der Waals surface area contributed by atoms with E-state index in [2.05, 4.69) is 15.3 Å².